The minimum atomic E-state index is -0.621. The lowest BCUT2D eigenvalue weighted by Gasteiger charge is -2.13. The molecule has 3 rings (SSSR count). The van der Waals surface area contributed by atoms with E-state index in [1.54, 1.807) is 24.3 Å². The topological polar surface area (TPSA) is 81.5 Å². The molecule has 0 aliphatic heterocycles. The molecule has 8 heteroatoms. The number of nitrogens with zero attached hydrogens (tertiary/aromatic N) is 1. The maximum Gasteiger partial charge on any atom is 0.270 e. The van der Waals surface area contributed by atoms with Crippen molar-refractivity contribution in [2.45, 2.75) is 0 Å². The monoisotopic (exact) mass is 402 g/mol. The zero-order chi connectivity index (χ0) is 19.4. The second kappa shape index (κ2) is 8.07. The molecule has 0 atom stereocenters. The summed E-state index contributed by atoms with van der Waals surface area (Å²) >= 11 is 12.0. The third-order valence-electron chi connectivity index (χ3n) is 3.57. The maximum atomic E-state index is 12.6. The van der Waals surface area contributed by atoms with Gasteiger partial charge in [0, 0.05) is 17.2 Å². The number of hydrogen-bond donors (Lipinski definition) is 1. The number of hydrogen-bond acceptors (Lipinski definition) is 4. The van der Waals surface area contributed by atoms with E-state index in [9.17, 15) is 14.9 Å². The van der Waals surface area contributed by atoms with Crippen LogP contribution in [0.25, 0.3) is 0 Å². The Morgan fingerprint density at radius 2 is 1.74 bits per heavy atom. The van der Waals surface area contributed by atoms with Gasteiger partial charge in [-0.2, -0.15) is 0 Å². The van der Waals surface area contributed by atoms with Crippen LogP contribution in [-0.4, -0.2) is 10.8 Å². The van der Waals surface area contributed by atoms with Crippen LogP contribution in [0.3, 0.4) is 0 Å². The molecule has 0 fully saturated rings. The van der Waals surface area contributed by atoms with Crippen molar-refractivity contribution in [3.63, 3.8) is 0 Å². The van der Waals surface area contributed by atoms with Gasteiger partial charge in [0.15, 0.2) is 5.75 Å². The van der Waals surface area contributed by atoms with Gasteiger partial charge >= 0.3 is 0 Å². The van der Waals surface area contributed by atoms with Gasteiger partial charge in [-0.05, 0) is 36.4 Å². The predicted octanol–water partition coefficient (Wildman–Crippen LogP) is 5.95. The van der Waals surface area contributed by atoms with E-state index in [0.717, 1.165) is 6.07 Å². The van der Waals surface area contributed by atoms with Crippen LogP contribution in [0.2, 0.25) is 10.0 Å². The summed E-state index contributed by atoms with van der Waals surface area (Å²) < 4.78 is 5.78. The average Bonchev–Trinajstić information content (AvgIpc) is 2.65. The largest absolute Gasteiger partial charge is 0.455 e. The van der Waals surface area contributed by atoms with E-state index in [2.05, 4.69) is 5.32 Å². The van der Waals surface area contributed by atoms with Crippen molar-refractivity contribution in [3.05, 3.63) is 92.5 Å². The second-order valence-corrected chi connectivity index (χ2v) is 6.27. The van der Waals surface area contributed by atoms with Crippen molar-refractivity contribution in [2.24, 2.45) is 0 Å². The van der Waals surface area contributed by atoms with Gasteiger partial charge in [0.2, 0.25) is 0 Å². The lowest BCUT2D eigenvalue weighted by Crippen LogP contribution is -2.13. The number of nitro groups is 1. The number of non-ortho nitro benzene ring substituents is 1. The number of rotatable bonds is 5. The van der Waals surface area contributed by atoms with Crippen molar-refractivity contribution in [1.82, 2.24) is 0 Å². The molecule has 27 heavy (non-hydrogen) atoms. The number of ether oxygens (including phenoxy) is 1. The molecule has 0 aliphatic carbocycles. The molecule has 0 heterocycles. The van der Waals surface area contributed by atoms with Crippen molar-refractivity contribution < 1.29 is 14.5 Å². The van der Waals surface area contributed by atoms with Gasteiger partial charge in [-0.3, -0.25) is 14.9 Å². The van der Waals surface area contributed by atoms with E-state index in [0.29, 0.717) is 22.2 Å². The van der Waals surface area contributed by atoms with Gasteiger partial charge in [-0.25, -0.2) is 0 Å². The van der Waals surface area contributed by atoms with E-state index in [-0.39, 0.29) is 16.3 Å². The number of carbonyl (C=O) groups is 1. The number of halogens is 2. The third kappa shape index (κ3) is 4.55. The number of anilines is 1. The molecule has 0 aromatic heterocycles. The summed E-state index contributed by atoms with van der Waals surface area (Å²) in [6.07, 6.45) is 0. The SMILES string of the molecule is O=C(Nc1cc(Cl)ccc1Oc1ccccc1)c1cc([N+](=O)[O-])ccc1Cl. The Labute approximate surface area is 164 Å². The van der Waals surface area contributed by atoms with Crippen LogP contribution < -0.4 is 10.1 Å². The molecular weight excluding hydrogens is 391 g/mol. The number of para-hydroxylation sites is 1. The smallest absolute Gasteiger partial charge is 0.270 e. The van der Waals surface area contributed by atoms with Gasteiger partial charge < -0.3 is 10.1 Å². The molecule has 0 saturated heterocycles. The predicted molar refractivity (Wildman–Crippen MR) is 104 cm³/mol. The molecule has 6 nitrogen and oxygen atoms in total. The van der Waals surface area contributed by atoms with Gasteiger partial charge in [0.1, 0.15) is 5.75 Å². The van der Waals surface area contributed by atoms with Crippen LogP contribution in [-0.2, 0) is 0 Å². The van der Waals surface area contributed by atoms with E-state index in [1.807, 2.05) is 18.2 Å². The Kier molecular flexibility index (Phi) is 5.59. The van der Waals surface area contributed by atoms with Crippen molar-refractivity contribution in [3.8, 4) is 11.5 Å². The highest BCUT2D eigenvalue weighted by atomic mass is 35.5. The lowest BCUT2D eigenvalue weighted by atomic mass is 10.1. The molecule has 1 N–H and O–H groups in total. The molecule has 0 bridgehead atoms. The minimum absolute atomic E-state index is 0.0310. The molecule has 0 spiro atoms. The standard InChI is InChI=1S/C19H12Cl2N2O4/c20-12-6-9-18(27-14-4-2-1-3-5-14)17(10-12)22-19(24)15-11-13(23(25)26)7-8-16(15)21/h1-11H,(H,22,24). The first-order valence-corrected chi connectivity index (χ1v) is 8.47. The first-order valence-electron chi connectivity index (χ1n) is 7.72. The summed E-state index contributed by atoms with van der Waals surface area (Å²) in [5.74, 6) is 0.313. The van der Waals surface area contributed by atoms with Gasteiger partial charge in [0.25, 0.3) is 11.6 Å². The van der Waals surface area contributed by atoms with E-state index in [4.69, 9.17) is 27.9 Å². The minimum Gasteiger partial charge on any atom is -0.455 e. The molecule has 136 valence electrons. The van der Waals surface area contributed by atoms with Crippen LogP contribution in [0.5, 0.6) is 11.5 Å². The highest BCUT2D eigenvalue weighted by Crippen LogP contribution is 2.33. The van der Waals surface area contributed by atoms with Gasteiger partial charge in [-0.15, -0.1) is 0 Å². The molecule has 0 aliphatic rings. The van der Waals surface area contributed by atoms with Crippen molar-refractivity contribution >= 4 is 40.5 Å². The van der Waals surface area contributed by atoms with Crippen LogP contribution in [0.15, 0.2) is 66.7 Å². The lowest BCUT2D eigenvalue weighted by molar-refractivity contribution is -0.384. The molecule has 0 radical (unpaired) electrons. The van der Waals surface area contributed by atoms with Crippen LogP contribution in [0.4, 0.5) is 11.4 Å². The highest BCUT2D eigenvalue weighted by Gasteiger charge is 2.18. The number of carbonyl (C=O) groups excluding carboxylic acids is 1. The summed E-state index contributed by atoms with van der Waals surface area (Å²) in [5.41, 5.74) is 0.0341. The summed E-state index contributed by atoms with van der Waals surface area (Å²) in [4.78, 5) is 22.9. The average molecular weight is 403 g/mol. The number of benzene rings is 3. The second-order valence-electron chi connectivity index (χ2n) is 5.43. The van der Waals surface area contributed by atoms with E-state index < -0.39 is 10.8 Å². The van der Waals surface area contributed by atoms with Crippen LogP contribution in [0, 0.1) is 10.1 Å². The number of nitrogens with one attached hydrogen (secondary N) is 1. The number of nitro benzene ring substituents is 1. The van der Waals surface area contributed by atoms with Crippen molar-refractivity contribution in [2.75, 3.05) is 5.32 Å². The fourth-order valence-corrected chi connectivity index (χ4v) is 2.67. The summed E-state index contributed by atoms with van der Waals surface area (Å²) in [6, 6.07) is 17.4. The Morgan fingerprint density at radius 1 is 1.00 bits per heavy atom. The zero-order valence-corrected chi connectivity index (χ0v) is 15.2. The molecule has 3 aromatic rings. The Morgan fingerprint density at radius 3 is 2.44 bits per heavy atom. The van der Waals surface area contributed by atoms with E-state index >= 15 is 0 Å². The molecule has 0 unspecified atom stereocenters. The first-order chi connectivity index (χ1) is 12.9. The van der Waals surface area contributed by atoms with Crippen molar-refractivity contribution in [1.29, 1.82) is 0 Å². The molecule has 0 saturated carbocycles. The highest BCUT2D eigenvalue weighted by molar-refractivity contribution is 6.34. The fourth-order valence-electron chi connectivity index (χ4n) is 2.29. The Hall–Kier alpha value is -3.09. The van der Waals surface area contributed by atoms with Gasteiger partial charge in [0.05, 0.1) is 21.2 Å². The van der Waals surface area contributed by atoms with Gasteiger partial charge in [-0.1, -0.05) is 41.4 Å². The zero-order valence-electron chi connectivity index (χ0n) is 13.7. The Balaban J connectivity index is 1.91. The Bertz CT molecular complexity index is 1010. The summed E-state index contributed by atoms with van der Waals surface area (Å²) in [7, 11) is 0. The normalized spacial score (nSPS) is 10.3. The first kappa shape index (κ1) is 18.7. The number of amides is 1. The van der Waals surface area contributed by atoms with Crippen LogP contribution >= 0.6 is 23.2 Å². The summed E-state index contributed by atoms with van der Waals surface area (Å²) in [5, 5.41) is 14.1. The molecular formula is C19H12Cl2N2O4. The summed E-state index contributed by atoms with van der Waals surface area (Å²) in [6.45, 7) is 0. The quantitative estimate of drug-likeness (QED) is 0.422. The fraction of sp³-hybridized carbons (Fsp3) is 0. The van der Waals surface area contributed by atoms with E-state index in [1.165, 1.54) is 18.2 Å². The molecule has 1 amide bonds. The maximum absolute atomic E-state index is 12.6. The molecule has 3 aromatic carbocycles. The van der Waals surface area contributed by atoms with Crippen LogP contribution in [0.1, 0.15) is 10.4 Å². The third-order valence-corrected chi connectivity index (χ3v) is 4.13.